The minimum atomic E-state index is -0.401. The molecule has 1 N–H and O–H groups in total. The monoisotopic (exact) mass is 391 g/mol. The van der Waals surface area contributed by atoms with Gasteiger partial charge >= 0.3 is 5.97 Å². The van der Waals surface area contributed by atoms with Crippen molar-refractivity contribution in [2.24, 2.45) is 0 Å². The molecule has 150 valence electrons. The van der Waals surface area contributed by atoms with Crippen molar-refractivity contribution in [3.05, 3.63) is 66.2 Å². The summed E-state index contributed by atoms with van der Waals surface area (Å²) in [5, 5.41) is 7.47. The highest BCUT2D eigenvalue weighted by Crippen LogP contribution is 2.25. The van der Waals surface area contributed by atoms with Crippen LogP contribution in [0.25, 0.3) is 16.9 Å². The first kappa shape index (κ1) is 20.3. The van der Waals surface area contributed by atoms with E-state index in [1.54, 1.807) is 4.68 Å². The molecular weight excluding hydrogens is 366 g/mol. The van der Waals surface area contributed by atoms with E-state index >= 15 is 0 Å². The average Bonchev–Trinajstić information content (AvgIpc) is 3.15. The zero-order chi connectivity index (χ0) is 20.6. The zero-order valence-corrected chi connectivity index (χ0v) is 16.7. The SMILES string of the molecule is CCCCC(=O)OCC(=O)Nc1cc(-c2ccc(C)cc2)nn1-c1ccccc1. The largest absolute Gasteiger partial charge is 0.456 e. The van der Waals surface area contributed by atoms with Crippen LogP contribution < -0.4 is 5.32 Å². The molecule has 1 aromatic heterocycles. The molecule has 0 bridgehead atoms. The lowest BCUT2D eigenvalue weighted by molar-refractivity contribution is -0.147. The Bertz CT molecular complexity index is 963. The number of anilines is 1. The summed E-state index contributed by atoms with van der Waals surface area (Å²) in [7, 11) is 0. The number of unbranched alkanes of at least 4 members (excludes halogenated alkanes) is 1. The summed E-state index contributed by atoms with van der Waals surface area (Å²) in [6.45, 7) is 3.71. The quantitative estimate of drug-likeness (QED) is 0.573. The molecule has 1 amide bonds. The van der Waals surface area contributed by atoms with Crippen molar-refractivity contribution in [1.82, 2.24) is 9.78 Å². The Hall–Kier alpha value is -3.41. The number of esters is 1. The first-order valence-corrected chi connectivity index (χ1v) is 9.75. The van der Waals surface area contributed by atoms with Gasteiger partial charge in [0.25, 0.3) is 5.91 Å². The van der Waals surface area contributed by atoms with E-state index in [0.29, 0.717) is 12.2 Å². The Labute approximate surface area is 170 Å². The summed E-state index contributed by atoms with van der Waals surface area (Å²) >= 11 is 0. The number of aryl methyl sites for hydroxylation is 1. The fraction of sp³-hybridized carbons (Fsp3) is 0.261. The van der Waals surface area contributed by atoms with Gasteiger partial charge in [-0.3, -0.25) is 9.59 Å². The summed E-state index contributed by atoms with van der Waals surface area (Å²) < 4.78 is 6.72. The van der Waals surface area contributed by atoms with Gasteiger partial charge in [-0.25, -0.2) is 4.68 Å². The molecule has 0 radical (unpaired) electrons. The van der Waals surface area contributed by atoms with Crippen LogP contribution in [0.4, 0.5) is 5.82 Å². The van der Waals surface area contributed by atoms with Crippen LogP contribution >= 0.6 is 0 Å². The molecule has 6 heteroatoms. The van der Waals surface area contributed by atoms with Crippen molar-refractivity contribution in [2.45, 2.75) is 33.1 Å². The van der Waals surface area contributed by atoms with Crippen molar-refractivity contribution in [3.63, 3.8) is 0 Å². The predicted octanol–water partition coefficient (Wildman–Crippen LogP) is 4.52. The van der Waals surface area contributed by atoms with Gasteiger partial charge in [-0.05, 0) is 25.5 Å². The summed E-state index contributed by atoms with van der Waals surface area (Å²) in [4.78, 5) is 24.0. The Morgan fingerprint density at radius 3 is 2.48 bits per heavy atom. The highest BCUT2D eigenvalue weighted by Gasteiger charge is 2.15. The molecule has 6 nitrogen and oxygen atoms in total. The average molecular weight is 391 g/mol. The van der Waals surface area contributed by atoms with Crippen LogP contribution in [0, 0.1) is 6.92 Å². The number of carbonyl (C=O) groups excluding carboxylic acids is 2. The lowest BCUT2D eigenvalue weighted by Gasteiger charge is -2.09. The third-order valence-corrected chi connectivity index (χ3v) is 4.42. The Morgan fingerprint density at radius 2 is 1.79 bits per heavy atom. The van der Waals surface area contributed by atoms with Crippen molar-refractivity contribution in [3.8, 4) is 16.9 Å². The summed E-state index contributed by atoms with van der Waals surface area (Å²) in [6, 6.07) is 19.4. The Kier molecular flexibility index (Phi) is 6.79. The zero-order valence-electron chi connectivity index (χ0n) is 16.7. The third-order valence-electron chi connectivity index (χ3n) is 4.42. The molecule has 0 aliphatic heterocycles. The second-order valence-corrected chi connectivity index (χ2v) is 6.84. The van der Waals surface area contributed by atoms with Crippen molar-refractivity contribution < 1.29 is 14.3 Å². The number of amides is 1. The maximum absolute atomic E-state index is 12.3. The van der Waals surface area contributed by atoms with Gasteiger partial charge in [0.2, 0.25) is 0 Å². The number of carbonyl (C=O) groups is 2. The van der Waals surface area contributed by atoms with E-state index in [2.05, 4.69) is 10.4 Å². The molecule has 0 saturated carbocycles. The van der Waals surface area contributed by atoms with Gasteiger partial charge in [-0.15, -0.1) is 0 Å². The minimum absolute atomic E-state index is 0.317. The fourth-order valence-electron chi connectivity index (χ4n) is 2.82. The van der Waals surface area contributed by atoms with Crippen molar-refractivity contribution in [1.29, 1.82) is 0 Å². The van der Waals surface area contributed by atoms with Gasteiger partial charge in [0, 0.05) is 18.1 Å². The molecule has 3 rings (SSSR count). The molecule has 0 saturated heterocycles. The van der Waals surface area contributed by atoms with Crippen LogP contribution in [-0.4, -0.2) is 28.3 Å². The number of rotatable bonds is 8. The molecule has 0 spiro atoms. The Balaban J connectivity index is 1.80. The second-order valence-electron chi connectivity index (χ2n) is 6.84. The summed E-state index contributed by atoms with van der Waals surface area (Å²) in [6.07, 6.45) is 1.98. The maximum atomic E-state index is 12.3. The molecule has 1 heterocycles. The van der Waals surface area contributed by atoms with Crippen LogP contribution in [0.1, 0.15) is 31.7 Å². The molecular formula is C23H25N3O3. The highest BCUT2D eigenvalue weighted by molar-refractivity contribution is 5.93. The van der Waals surface area contributed by atoms with Crippen LogP contribution in [0.5, 0.6) is 0 Å². The molecule has 29 heavy (non-hydrogen) atoms. The van der Waals surface area contributed by atoms with Gasteiger partial charge in [-0.1, -0.05) is 61.4 Å². The van der Waals surface area contributed by atoms with E-state index in [0.717, 1.165) is 35.3 Å². The second kappa shape index (κ2) is 9.68. The van der Waals surface area contributed by atoms with Gasteiger partial charge in [0.05, 0.1) is 11.4 Å². The van der Waals surface area contributed by atoms with Crippen molar-refractivity contribution in [2.75, 3.05) is 11.9 Å². The van der Waals surface area contributed by atoms with E-state index in [1.807, 2.05) is 74.5 Å². The number of benzene rings is 2. The smallest absolute Gasteiger partial charge is 0.306 e. The van der Waals surface area contributed by atoms with Gasteiger partial charge < -0.3 is 10.1 Å². The Morgan fingerprint density at radius 1 is 1.07 bits per heavy atom. The first-order chi connectivity index (χ1) is 14.1. The number of nitrogens with zero attached hydrogens (tertiary/aromatic N) is 2. The topological polar surface area (TPSA) is 73.2 Å². The van der Waals surface area contributed by atoms with Crippen molar-refractivity contribution >= 4 is 17.7 Å². The van der Waals surface area contributed by atoms with Gasteiger partial charge in [-0.2, -0.15) is 5.10 Å². The van der Waals surface area contributed by atoms with Crippen LogP contribution in [0.3, 0.4) is 0 Å². The minimum Gasteiger partial charge on any atom is -0.456 e. The summed E-state index contributed by atoms with van der Waals surface area (Å²) in [5.41, 5.74) is 3.67. The predicted molar refractivity (Wildman–Crippen MR) is 113 cm³/mol. The molecule has 3 aromatic rings. The number of nitrogens with one attached hydrogen (secondary N) is 1. The van der Waals surface area contributed by atoms with E-state index in [-0.39, 0.29) is 12.6 Å². The van der Waals surface area contributed by atoms with E-state index in [4.69, 9.17) is 4.74 Å². The van der Waals surface area contributed by atoms with Gasteiger partial charge in [0.15, 0.2) is 6.61 Å². The lowest BCUT2D eigenvalue weighted by Crippen LogP contribution is -2.22. The lowest BCUT2D eigenvalue weighted by atomic mass is 10.1. The molecule has 0 aliphatic rings. The molecule has 2 aromatic carbocycles. The number of hydrogen-bond donors (Lipinski definition) is 1. The maximum Gasteiger partial charge on any atom is 0.306 e. The van der Waals surface area contributed by atoms with E-state index in [9.17, 15) is 9.59 Å². The molecule has 0 aliphatic carbocycles. The van der Waals surface area contributed by atoms with Crippen LogP contribution in [0.2, 0.25) is 0 Å². The molecule has 0 unspecified atom stereocenters. The standard InChI is InChI=1S/C23H25N3O3/c1-3-4-10-23(28)29-16-22(27)24-21-15-20(18-13-11-17(2)12-14-18)25-26(21)19-8-6-5-7-9-19/h5-9,11-15H,3-4,10,16H2,1-2H3,(H,24,27). The number of ether oxygens (including phenoxy) is 1. The third kappa shape index (κ3) is 5.54. The van der Waals surface area contributed by atoms with E-state index < -0.39 is 5.91 Å². The first-order valence-electron chi connectivity index (χ1n) is 9.75. The highest BCUT2D eigenvalue weighted by atomic mass is 16.5. The number of aromatic nitrogens is 2. The number of hydrogen-bond acceptors (Lipinski definition) is 4. The van der Waals surface area contributed by atoms with Crippen LogP contribution in [0.15, 0.2) is 60.7 Å². The number of para-hydroxylation sites is 1. The normalized spacial score (nSPS) is 10.6. The van der Waals surface area contributed by atoms with E-state index in [1.165, 1.54) is 0 Å². The molecule has 0 atom stereocenters. The fourth-order valence-corrected chi connectivity index (χ4v) is 2.82. The molecule has 0 fully saturated rings. The van der Waals surface area contributed by atoms with Gasteiger partial charge in [0.1, 0.15) is 5.82 Å². The summed E-state index contributed by atoms with van der Waals surface area (Å²) in [5.74, 6) is -0.248. The van der Waals surface area contributed by atoms with Crippen LogP contribution in [-0.2, 0) is 14.3 Å².